The first kappa shape index (κ1) is 25.0. The van der Waals surface area contributed by atoms with Gasteiger partial charge in [0.15, 0.2) is 0 Å². The van der Waals surface area contributed by atoms with Gasteiger partial charge >= 0.3 is 6.18 Å². The van der Waals surface area contributed by atoms with Crippen molar-refractivity contribution in [1.82, 2.24) is 14.8 Å². The van der Waals surface area contributed by atoms with Crippen molar-refractivity contribution in [3.63, 3.8) is 0 Å². The number of amides is 1. The zero-order valence-corrected chi connectivity index (χ0v) is 20.6. The number of pyridine rings is 1. The molecule has 3 fully saturated rings. The maximum atomic E-state index is 14.1. The summed E-state index contributed by atoms with van der Waals surface area (Å²) < 4.78 is 51.1. The van der Waals surface area contributed by atoms with E-state index >= 15 is 0 Å². The molecular weight excluding hydrogens is 459 g/mol. The number of alkyl halides is 3. The SMILES string of the molecule is CCN1C[C@@H]2C[C@@H](CC3CCOCC3OC)C[C@]2(C(=O)N2CCc3ncc(C(F)(F)F)cc3C2)C1. The van der Waals surface area contributed by atoms with Crippen LogP contribution in [0.5, 0.6) is 0 Å². The van der Waals surface area contributed by atoms with E-state index in [2.05, 4.69) is 16.8 Å². The Balaban J connectivity index is 1.34. The number of methoxy groups -OCH3 is 1. The summed E-state index contributed by atoms with van der Waals surface area (Å²) in [4.78, 5) is 22.4. The highest BCUT2D eigenvalue weighted by molar-refractivity contribution is 5.84. The second-order valence-electron chi connectivity index (χ2n) is 10.9. The van der Waals surface area contributed by atoms with E-state index in [0.717, 1.165) is 58.1 Å². The van der Waals surface area contributed by atoms with Crippen molar-refractivity contribution in [1.29, 1.82) is 0 Å². The number of nitrogens with zero attached hydrogens (tertiary/aromatic N) is 3. The summed E-state index contributed by atoms with van der Waals surface area (Å²) in [5.74, 6) is 1.32. The molecule has 4 aliphatic rings. The quantitative estimate of drug-likeness (QED) is 0.623. The monoisotopic (exact) mass is 495 g/mol. The largest absolute Gasteiger partial charge is 0.417 e. The van der Waals surface area contributed by atoms with E-state index in [1.165, 1.54) is 6.07 Å². The van der Waals surface area contributed by atoms with Crippen LogP contribution >= 0.6 is 0 Å². The van der Waals surface area contributed by atoms with Crippen LogP contribution in [0.4, 0.5) is 13.2 Å². The first-order chi connectivity index (χ1) is 16.7. The van der Waals surface area contributed by atoms with Crippen LogP contribution in [0.15, 0.2) is 12.3 Å². The predicted molar refractivity (Wildman–Crippen MR) is 123 cm³/mol. The first-order valence-corrected chi connectivity index (χ1v) is 12.9. The maximum absolute atomic E-state index is 14.1. The lowest BCUT2D eigenvalue weighted by Gasteiger charge is -2.37. The third kappa shape index (κ3) is 4.71. The second kappa shape index (κ2) is 9.63. The smallest absolute Gasteiger partial charge is 0.379 e. The zero-order chi connectivity index (χ0) is 24.8. The van der Waals surface area contributed by atoms with E-state index in [1.807, 2.05) is 4.90 Å². The van der Waals surface area contributed by atoms with Crippen molar-refractivity contribution in [2.75, 3.05) is 46.5 Å². The molecule has 0 bridgehead atoms. The lowest BCUT2D eigenvalue weighted by Crippen LogP contribution is -2.48. The van der Waals surface area contributed by atoms with Crippen molar-refractivity contribution in [3.05, 3.63) is 29.1 Å². The summed E-state index contributed by atoms with van der Waals surface area (Å²) in [5.41, 5.74) is 0.00953. The number of likely N-dealkylation sites (tertiary alicyclic amines) is 1. The van der Waals surface area contributed by atoms with Gasteiger partial charge in [-0.3, -0.25) is 9.78 Å². The highest BCUT2D eigenvalue weighted by Gasteiger charge is 2.58. The molecule has 2 unspecified atom stereocenters. The molecule has 0 N–H and O–H groups in total. The fraction of sp³-hybridized carbons (Fsp3) is 0.769. The molecule has 0 aromatic carbocycles. The maximum Gasteiger partial charge on any atom is 0.417 e. The molecule has 1 aromatic heterocycles. The van der Waals surface area contributed by atoms with Gasteiger partial charge in [0.05, 0.1) is 23.7 Å². The van der Waals surface area contributed by atoms with Crippen LogP contribution in [-0.4, -0.2) is 73.3 Å². The molecule has 0 radical (unpaired) electrons. The second-order valence-corrected chi connectivity index (χ2v) is 10.9. The molecule has 0 spiro atoms. The number of rotatable bonds is 5. The van der Waals surface area contributed by atoms with E-state index < -0.39 is 17.2 Å². The molecule has 1 aliphatic carbocycles. The van der Waals surface area contributed by atoms with Gasteiger partial charge in [0.1, 0.15) is 0 Å². The van der Waals surface area contributed by atoms with E-state index in [1.54, 1.807) is 7.11 Å². The average Bonchev–Trinajstić information content (AvgIpc) is 3.37. The first-order valence-electron chi connectivity index (χ1n) is 12.9. The number of aromatic nitrogens is 1. The van der Waals surface area contributed by atoms with Gasteiger partial charge in [0.25, 0.3) is 0 Å². The van der Waals surface area contributed by atoms with Crippen molar-refractivity contribution in [2.24, 2.45) is 23.2 Å². The zero-order valence-electron chi connectivity index (χ0n) is 20.6. The molecule has 1 aromatic rings. The van der Waals surface area contributed by atoms with Gasteiger partial charge in [-0.25, -0.2) is 0 Å². The summed E-state index contributed by atoms with van der Waals surface area (Å²) in [7, 11) is 1.74. The van der Waals surface area contributed by atoms with Crippen LogP contribution < -0.4 is 0 Å². The number of ether oxygens (including phenoxy) is 2. The third-order valence-corrected chi connectivity index (χ3v) is 8.94. The molecule has 9 heteroatoms. The van der Waals surface area contributed by atoms with Crippen LogP contribution in [0.3, 0.4) is 0 Å². The summed E-state index contributed by atoms with van der Waals surface area (Å²) in [6.07, 6.45) is 0.988. The molecular formula is C26H36F3N3O3. The summed E-state index contributed by atoms with van der Waals surface area (Å²) in [6.45, 7) is 6.82. The number of fused-ring (bicyclic) bond motifs is 2. The molecule has 35 heavy (non-hydrogen) atoms. The number of carbonyl (C=O) groups is 1. The van der Waals surface area contributed by atoms with Crippen molar-refractivity contribution in [3.8, 4) is 0 Å². The van der Waals surface area contributed by atoms with Gasteiger partial charge in [-0.15, -0.1) is 0 Å². The molecule has 1 amide bonds. The van der Waals surface area contributed by atoms with Gasteiger partial charge in [0.2, 0.25) is 5.91 Å². The number of carbonyl (C=O) groups excluding carboxylic acids is 1. The highest BCUT2D eigenvalue weighted by Crippen LogP contribution is 2.54. The Morgan fingerprint density at radius 3 is 2.94 bits per heavy atom. The van der Waals surface area contributed by atoms with Crippen LogP contribution in [0, 0.1) is 23.2 Å². The Kier molecular flexibility index (Phi) is 6.87. The van der Waals surface area contributed by atoms with Crippen LogP contribution in [0.1, 0.15) is 49.4 Å². The number of hydrogen-bond donors (Lipinski definition) is 0. The molecule has 5 atom stereocenters. The third-order valence-electron chi connectivity index (χ3n) is 8.94. The molecule has 4 heterocycles. The molecule has 5 rings (SSSR count). The minimum absolute atomic E-state index is 0.108. The molecule has 3 aliphatic heterocycles. The van der Waals surface area contributed by atoms with Crippen LogP contribution in [0.25, 0.3) is 0 Å². The fourth-order valence-corrected chi connectivity index (χ4v) is 7.15. The number of hydrogen-bond acceptors (Lipinski definition) is 5. The molecule has 2 saturated heterocycles. The minimum Gasteiger partial charge on any atom is -0.379 e. The van der Waals surface area contributed by atoms with Crippen LogP contribution in [0.2, 0.25) is 0 Å². The normalized spacial score (nSPS) is 33.6. The minimum atomic E-state index is -4.44. The summed E-state index contributed by atoms with van der Waals surface area (Å²) in [6, 6.07) is 1.18. The average molecular weight is 496 g/mol. The molecule has 194 valence electrons. The lowest BCUT2D eigenvalue weighted by atomic mass is 9.78. The standard InChI is InChI=1S/C26H36F3N3O3/c1-3-31-14-21-9-17(8-18-5-7-35-15-23(18)34-2)11-25(21,16-31)24(33)32-6-4-22-19(13-32)10-20(12-30-22)26(27,28)29/h10,12,17-18,21,23H,3-9,11,13-16H2,1-2H3/t17-,18?,21+,23?,25+/m1/s1. The topological polar surface area (TPSA) is 54.9 Å². The van der Waals surface area contributed by atoms with Gasteiger partial charge < -0.3 is 19.3 Å². The van der Waals surface area contributed by atoms with E-state index in [4.69, 9.17) is 9.47 Å². The van der Waals surface area contributed by atoms with Crippen molar-refractivity contribution >= 4 is 5.91 Å². The van der Waals surface area contributed by atoms with Crippen molar-refractivity contribution < 1.29 is 27.4 Å². The van der Waals surface area contributed by atoms with E-state index in [0.29, 0.717) is 48.6 Å². The summed E-state index contributed by atoms with van der Waals surface area (Å²) >= 11 is 0. The Morgan fingerprint density at radius 2 is 2.20 bits per heavy atom. The van der Waals surface area contributed by atoms with Gasteiger partial charge in [-0.05, 0) is 61.6 Å². The highest BCUT2D eigenvalue weighted by atomic mass is 19.4. The van der Waals surface area contributed by atoms with Gasteiger partial charge in [-0.1, -0.05) is 6.92 Å². The Hall–Kier alpha value is -1.71. The van der Waals surface area contributed by atoms with E-state index in [-0.39, 0.29) is 18.6 Å². The summed E-state index contributed by atoms with van der Waals surface area (Å²) in [5, 5.41) is 0. The van der Waals surface area contributed by atoms with Crippen molar-refractivity contribution in [2.45, 2.75) is 57.9 Å². The Labute approximate surface area is 205 Å². The predicted octanol–water partition coefficient (Wildman–Crippen LogP) is 3.77. The lowest BCUT2D eigenvalue weighted by molar-refractivity contribution is -0.144. The molecule has 1 saturated carbocycles. The number of halogens is 3. The van der Waals surface area contributed by atoms with Gasteiger partial charge in [0, 0.05) is 58.2 Å². The Morgan fingerprint density at radius 1 is 1.37 bits per heavy atom. The van der Waals surface area contributed by atoms with E-state index in [9.17, 15) is 18.0 Å². The van der Waals surface area contributed by atoms with Crippen LogP contribution in [-0.2, 0) is 33.4 Å². The Bertz CT molecular complexity index is 942. The molecule has 6 nitrogen and oxygen atoms in total. The fourth-order valence-electron chi connectivity index (χ4n) is 7.15. The van der Waals surface area contributed by atoms with Gasteiger partial charge in [-0.2, -0.15) is 13.2 Å².